The zero-order chi connectivity index (χ0) is 23.3. The minimum Gasteiger partial charge on any atom is -0.469 e. The summed E-state index contributed by atoms with van der Waals surface area (Å²) in [6.45, 7) is 7.43. The van der Waals surface area contributed by atoms with Crippen molar-refractivity contribution in [3.05, 3.63) is 0 Å². The molecule has 4 rings (SSSR count). The highest BCUT2D eigenvalue weighted by molar-refractivity contribution is 7.86. The van der Waals surface area contributed by atoms with Gasteiger partial charge in [0.05, 0.1) is 19.5 Å². The van der Waals surface area contributed by atoms with Crippen LogP contribution < -0.4 is 0 Å². The molecule has 5 nitrogen and oxygen atoms in total. The highest BCUT2D eigenvalue weighted by Gasteiger charge is 2.60. The molecule has 184 valence electrons. The van der Waals surface area contributed by atoms with Crippen molar-refractivity contribution in [1.82, 2.24) is 0 Å². The molecule has 6 heteroatoms. The van der Waals surface area contributed by atoms with Crippen LogP contribution in [0.1, 0.15) is 91.4 Å². The standard InChI is InChI=1S/C26H44O5S/c1-17(6-11-24(27)30-4)21-9-10-22-20-8-7-18-16-19(31-32(5,28)29)12-14-25(18,2)23(20)13-15-26(21,22)3/h17-23H,6-16H2,1-5H3/t17-,18?,19+,20+,21-,22+,23+,25+,26-/m1/s1. The van der Waals surface area contributed by atoms with Gasteiger partial charge < -0.3 is 4.74 Å². The molecule has 0 bridgehead atoms. The van der Waals surface area contributed by atoms with E-state index in [1.807, 2.05) is 0 Å². The van der Waals surface area contributed by atoms with Gasteiger partial charge in [0, 0.05) is 6.42 Å². The molecule has 0 saturated heterocycles. The maximum atomic E-state index is 11.7. The molecule has 4 fully saturated rings. The highest BCUT2D eigenvalue weighted by Crippen LogP contribution is 2.68. The summed E-state index contributed by atoms with van der Waals surface area (Å²) in [5.41, 5.74) is 0.729. The Morgan fingerprint density at radius 2 is 1.69 bits per heavy atom. The first kappa shape index (κ1) is 24.5. The number of fused-ring (bicyclic) bond motifs is 5. The molecule has 32 heavy (non-hydrogen) atoms. The lowest BCUT2D eigenvalue weighted by Crippen LogP contribution is -2.54. The summed E-state index contributed by atoms with van der Waals surface area (Å²) in [6.07, 6.45) is 13.2. The van der Waals surface area contributed by atoms with E-state index in [1.54, 1.807) is 0 Å². The lowest BCUT2D eigenvalue weighted by Gasteiger charge is -2.61. The summed E-state index contributed by atoms with van der Waals surface area (Å²) >= 11 is 0. The van der Waals surface area contributed by atoms with Gasteiger partial charge in [-0.3, -0.25) is 8.98 Å². The Kier molecular flexibility index (Phi) is 6.79. The van der Waals surface area contributed by atoms with E-state index in [2.05, 4.69) is 20.8 Å². The first-order valence-corrected chi connectivity index (χ1v) is 14.7. The second-order valence-electron chi connectivity index (χ2n) is 12.2. The van der Waals surface area contributed by atoms with Crippen LogP contribution in [0.5, 0.6) is 0 Å². The topological polar surface area (TPSA) is 69.7 Å². The van der Waals surface area contributed by atoms with Crippen molar-refractivity contribution >= 4 is 16.1 Å². The van der Waals surface area contributed by atoms with Gasteiger partial charge in [0.15, 0.2) is 0 Å². The molecule has 0 spiro atoms. The van der Waals surface area contributed by atoms with Crippen LogP contribution >= 0.6 is 0 Å². The van der Waals surface area contributed by atoms with E-state index < -0.39 is 10.1 Å². The first-order chi connectivity index (χ1) is 15.0. The van der Waals surface area contributed by atoms with Crippen LogP contribution in [0.2, 0.25) is 0 Å². The summed E-state index contributed by atoms with van der Waals surface area (Å²) in [4.78, 5) is 11.7. The van der Waals surface area contributed by atoms with Gasteiger partial charge in [0.25, 0.3) is 10.1 Å². The third-order valence-corrected chi connectivity index (χ3v) is 11.3. The fourth-order valence-electron chi connectivity index (χ4n) is 9.18. The van der Waals surface area contributed by atoms with Crippen LogP contribution in [0, 0.1) is 46.3 Å². The van der Waals surface area contributed by atoms with Crippen molar-refractivity contribution in [2.24, 2.45) is 46.3 Å². The van der Waals surface area contributed by atoms with Crippen LogP contribution in [0.4, 0.5) is 0 Å². The van der Waals surface area contributed by atoms with Crippen molar-refractivity contribution < 1.29 is 22.1 Å². The monoisotopic (exact) mass is 468 g/mol. The number of rotatable bonds is 6. The Morgan fingerprint density at radius 3 is 2.38 bits per heavy atom. The largest absolute Gasteiger partial charge is 0.469 e. The molecule has 0 aromatic carbocycles. The molecule has 0 aromatic heterocycles. The number of ether oxygens (including phenoxy) is 1. The predicted molar refractivity (Wildman–Crippen MR) is 125 cm³/mol. The van der Waals surface area contributed by atoms with Crippen LogP contribution in [0.3, 0.4) is 0 Å². The van der Waals surface area contributed by atoms with Gasteiger partial charge in [-0.2, -0.15) is 8.42 Å². The molecule has 0 amide bonds. The Labute approximate surface area is 195 Å². The van der Waals surface area contributed by atoms with Crippen molar-refractivity contribution in [3.63, 3.8) is 0 Å². The number of hydrogen-bond acceptors (Lipinski definition) is 5. The Morgan fingerprint density at radius 1 is 1.00 bits per heavy atom. The Hall–Kier alpha value is -0.620. The lowest BCUT2D eigenvalue weighted by atomic mass is 9.44. The summed E-state index contributed by atoms with van der Waals surface area (Å²) < 4.78 is 33.6. The molecule has 0 heterocycles. The Balaban J connectivity index is 1.45. The number of esters is 1. The quantitative estimate of drug-likeness (QED) is 0.376. The van der Waals surface area contributed by atoms with E-state index in [0.717, 1.165) is 43.4 Å². The van der Waals surface area contributed by atoms with Crippen LogP contribution in [0.15, 0.2) is 0 Å². The van der Waals surface area contributed by atoms with Crippen molar-refractivity contribution in [3.8, 4) is 0 Å². The molecular weight excluding hydrogens is 424 g/mol. The number of carbonyl (C=O) groups is 1. The molecule has 1 unspecified atom stereocenters. The molecule has 4 aliphatic carbocycles. The van der Waals surface area contributed by atoms with Gasteiger partial charge in [0.1, 0.15) is 0 Å². The predicted octanol–water partition coefficient (Wildman–Crippen LogP) is 5.58. The molecular formula is C26H44O5S. The van der Waals surface area contributed by atoms with E-state index >= 15 is 0 Å². The van der Waals surface area contributed by atoms with Gasteiger partial charge in [-0.25, -0.2) is 0 Å². The minimum atomic E-state index is -3.38. The van der Waals surface area contributed by atoms with Gasteiger partial charge in [-0.1, -0.05) is 20.8 Å². The molecule has 0 radical (unpaired) electrons. The van der Waals surface area contributed by atoms with E-state index in [9.17, 15) is 13.2 Å². The van der Waals surface area contributed by atoms with E-state index in [4.69, 9.17) is 8.92 Å². The molecule has 4 aliphatic rings. The summed E-state index contributed by atoms with van der Waals surface area (Å²) in [7, 11) is -1.89. The number of hydrogen-bond donors (Lipinski definition) is 0. The van der Waals surface area contributed by atoms with Crippen LogP contribution in [-0.4, -0.2) is 33.9 Å². The normalized spacial score (nSPS) is 44.8. The second-order valence-corrected chi connectivity index (χ2v) is 13.8. The minimum absolute atomic E-state index is 0.0815. The van der Waals surface area contributed by atoms with E-state index in [0.29, 0.717) is 35.0 Å². The molecule has 0 N–H and O–H groups in total. The van der Waals surface area contributed by atoms with E-state index in [-0.39, 0.29) is 12.1 Å². The summed E-state index contributed by atoms with van der Waals surface area (Å²) in [6, 6.07) is 0. The average Bonchev–Trinajstić information content (AvgIpc) is 3.08. The fraction of sp³-hybridized carbons (Fsp3) is 0.962. The van der Waals surface area contributed by atoms with Crippen molar-refractivity contribution in [2.75, 3.05) is 13.4 Å². The molecule has 9 atom stereocenters. The number of carbonyl (C=O) groups excluding carboxylic acids is 1. The number of methoxy groups -OCH3 is 1. The smallest absolute Gasteiger partial charge is 0.305 e. The molecule has 4 saturated carbocycles. The lowest BCUT2D eigenvalue weighted by molar-refractivity contribution is -0.141. The summed E-state index contributed by atoms with van der Waals surface area (Å²) in [5, 5.41) is 0. The van der Waals surface area contributed by atoms with Crippen LogP contribution in [0.25, 0.3) is 0 Å². The SMILES string of the molecule is COC(=O)CC[C@@H](C)[C@H]1CC[C@H]2[C@@H]3CCC4C[C@@H](OS(C)(=O)=O)CC[C@]4(C)[C@H]3CC[C@]12C. The zero-order valence-electron chi connectivity index (χ0n) is 20.8. The van der Waals surface area contributed by atoms with Gasteiger partial charge >= 0.3 is 5.97 Å². The Bertz CT molecular complexity index is 809. The highest BCUT2D eigenvalue weighted by atomic mass is 32.2. The maximum absolute atomic E-state index is 11.7. The van der Waals surface area contributed by atoms with Crippen molar-refractivity contribution in [2.45, 2.75) is 97.5 Å². The van der Waals surface area contributed by atoms with E-state index in [1.165, 1.54) is 51.9 Å². The third kappa shape index (κ3) is 4.39. The maximum Gasteiger partial charge on any atom is 0.305 e. The fourth-order valence-corrected chi connectivity index (χ4v) is 9.85. The second kappa shape index (κ2) is 8.87. The van der Waals surface area contributed by atoms with Crippen LogP contribution in [-0.2, 0) is 23.8 Å². The summed E-state index contributed by atoms with van der Waals surface area (Å²) in [5.74, 6) is 4.16. The zero-order valence-corrected chi connectivity index (χ0v) is 21.6. The average molecular weight is 469 g/mol. The van der Waals surface area contributed by atoms with Gasteiger partial charge in [0.2, 0.25) is 0 Å². The molecule has 0 aliphatic heterocycles. The van der Waals surface area contributed by atoms with Gasteiger partial charge in [-0.15, -0.1) is 0 Å². The molecule has 0 aromatic rings. The first-order valence-electron chi connectivity index (χ1n) is 12.9. The van der Waals surface area contributed by atoms with Crippen molar-refractivity contribution in [1.29, 1.82) is 0 Å². The van der Waals surface area contributed by atoms with Gasteiger partial charge in [-0.05, 0) is 111 Å². The third-order valence-electron chi connectivity index (χ3n) is 10.7.